The van der Waals surface area contributed by atoms with Crippen LogP contribution in [-0.4, -0.2) is 82.7 Å². The van der Waals surface area contributed by atoms with Gasteiger partial charge in [-0.25, -0.2) is 0 Å². The van der Waals surface area contributed by atoms with Crippen LogP contribution in [0.3, 0.4) is 0 Å². The van der Waals surface area contributed by atoms with Crippen LogP contribution in [0.15, 0.2) is 0 Å². The molecule has 32 heavy (non-hydrogen) atoms. The highest BCUT2D eigenvalue weighted by molar-refractivity contribution is 5.81. The molecule has 10 heteroatoms. The van der Waals surface area contributed by atoms with E-state index in [2.05, 4.69) is 31.3 Å². The number of aromatic nitrogens is 4. The van der Waals surface area contributed by atoms with Crippen LogP contribution in [0.4, 0.5) is 0 Å². The number of piperidine rings is 1. The lowest BCUT2D eigenvalue weighted by Gasteiger charge is -2.42. The van der Waals surface area contributed by atoms with E-state index >= 15 is 0 Å². The normalized spacial score (nSPS) is 32.7. The summed E-state index contributed by atoms with van der Waals surface area (Å²) in [5.74, 6) is 1.77. The Hall–Kier alpha value is -2.07. The predicted octanol–water partition coefficient (Wildman–Crippen LogP) is 0.670. The summed E-state index contributed by atoms with van der Waals surface area (Å²) in [7, 11) is 1.79. The van der Waals surface area contributed by atoms with Gasteiger partial charge in [0, 0.05) is 20.0 Å². The number of carbonyl (C=O) groups is 2. The van der Waals surface area contributed by atoms with Crippen molar-refractivity contribution >= 4 is 11.9 Å². The molecule has 0 spiro atoms. The minimum absolute atomic E-state index is 0.0834. The first-order chi connectivity index (χ1) is 15.9. The lowest BCUT2D eigenvalue weighted by Crippen LogP contribution is -2.50. The Morgan fingerprint density at radius 3 is 2.91 bits per heavy atom. The zero-order valence-electron chi connectivity index (χ0n) is 20.0. The number of nitrogens with one attached hydrogen (secondary N) is 3. The summed E-state index contributed by atoms with van der Waals surface area (Å²) in [6.07, 6.45) is 8.09. The van der Waals surface area contributed by atoms with Crippen LogP contribution in [0.1, 0.15) is 58.6 Å². The second kappa shape index (κ2) is 11.2. The van der Waals surface area contributed by atoms with Crippen molar-refractivity contribution in [3.05, 3.63) is 5.82 Å². The number of rotatable bonds is 9. The monoisotopic (exact) mass is 448 g/mol. The molecule has 5 atom stereocenters. The molecule has 1 saturated carbocycles. The average molecular weight is 449 g/mol. The van der Waals surface area contributed by atoms with Gasteiger partial charge in [0.15, 0.2) is 5.82 Å². The SMILES string of the molecule is [2H][C@@]1(C(=O)OCCCN(C)C(=O)[C@@H]2CCCN2)C[C@H]2C[C@@H](CCc3nn[nH]n3)CC[C@H]2CN1. The van der Waals surface area contributed by atoms with Crippen LogP contribution in [0.2, 0.25) is 0 Å². The summed E-state index contributed by atoms with van der Waals surface area (Å²) >= 11 is 0. The molecule has 2 saturated heterocycles. The summed E-state index contributed by atoms with van der Waals surface area (Å²) in [4.78, 5) is 26.8. The summed E-state index contributed by atoms with van der Waals surface area (Å²) in [5.41, 5.74) is 0. The quantitative estimate of drug-likeness (QED) is 0.372. The first-order valence-corrected chi connectivity index (χ1v) is 12.1. The molecular weight excluding hydrogens is 410 g/mol. The fraction of sp³-hybridized carbons (Fsp3) is 0.864. The van der Waals surface area contributed by atoms with Gasteiger partial charge in [0.05, 0.1) is 14.0 Å². The molecule has 1 amide bonds. The van der Waals surface area contributed by atoms with Crippen LogP contribution in [0.5, 0.6) is 0 Å². The van der Waals surface area contributed by atoms with Crippen molar-refractivity contribution < 1.29 is 15.7 Å². The second-order valence-electron chi connectivity index (χ2n) is 9.53. The number of H-pyrrole nitrogens is 1. The van der Waals surface area contributed by atoms with Crippen molar-refractivity contribution in [3.8, 4) is 0 Å². The lowest BCUT2D eigenvalue weighted by atomic mass is 9.69. The Morgan fingerprint density at radius 2 is 2.12 bits per heavy atom. The van der Waals surface area contributed by atoms with Crippen LogP contribution in [0.25, 0.3) is 0 Å². The maximum atomic E-state index is 12.8. The van der Waals surface area contributed by atoms with E-state index in [9.17, 15) is 9.59 Å². The fourth-order valence-electron chi connectivity index (χ4n) is 5.40. The smallest absolute Gasteiger partial charge is 0.323 e. The topological polar surface area (TPSA) is 125 Å². The number of hydrogen-bond acceptors (Lipinski definition) is 8. The van der Waals surface area contributed by atoms with Gasteiger partial charge in [0.25, 0.3) is 0 Å². The summed E-state index contributed by atoms with van der Waals surface area (Å²) in [6.45, 7) is 2.34. The Kier molecular flexibility index (Phi) is 7.60. The van der Waals surface area contributed by atoms with Crippen LogP contribution >= 0.6 is 0 Å². The number of ether oxygens (including phenoxy) is 1. The van der Waals surface area contributed by atoms with Crippen molar-refractivity contribution in [3.63, 3.8) is 0 Å². The third kappa shape index (κ3) is 6.04. The van der Waals surface area contributed by atoms with E-state index in [4.69, 9.17) is 6.11 Å². The third-order valence-corrected chi connectivity index (χ3v) is 7.31. The average Bonchev–Trinajstić information content (AvgIpc) is 3.54. The molecule has 10 nitrogen and oxygen atoms in total. The van der Waals surface area contributed by atoms with E-state index in [0.29, 0.717) is 43.7 Å². The van der Waals surface area contributed by atoms with Crippen LogP contribution < -0.4 is 10.6 Å². The van der Waals surface area contributed by atoms with E-state index < -0.39 is 12.0 Å². The number of likely N-dealkylation sites (N-methyl/N-ethyl adjacent to an activating group) is 1. The van der Waals surface area contributed by atoms with E-state index in [-0.39, 0.29) is 18.6 Å². The molecule has 0 aromatic carbocycles. The predicted molar refractivity (Wildman–Crippen MR) is 117 cm³/mol. The largest absolute Gasteiger partial charge is 0.464 e. The number of aromatic amines is 1. The highest BCUT2D eigenvalue weighted by atomic mass is 16.5. The number of fused-ring (bicyclic) bond motifs is 1. The van der Waals surface area contributed by atoms with E-state index in [1.807, 2.05) is 0 Å². The molecule has 1 aromatic rings. The molecule has 3 N–H and O–H groups in total. The Balaban J connectivity index is 1.19. The lowest BCUT2D eigenvalue weighted by molar-refractivity contribution is -0.148. The van der Waals surface area contributed by atoms with E-state index in [1.54, 1.807) is 11.9 Å². The van der Waals surface area contributed by atoms with Gasteiger partial charge in [-0.15, -0.1) is 10.2 Å². The number of esters is 1. The summed E-state index contributed by atoms with van der Waals surface area (Å²) in [5, 5.41) is 20.5. The molecule has 3 aliphatic rings. The maximum Gasteiger partial charge on any atom is 0.323 e. The highest BCUT2D eigenvalue weighted by Crippen LogP contribution is 2.40. The van der Waals surface area contributed by atoms with Crippen molar-refractivity contribution in [2.45, 2.75) is 69.8 Å². The third-order valence-electron chi connectivity index (χ3n) is 7.31. The molecule has 2 aliphatic heterocycles. The minimum atomic E-state index is -1.38. The first kappa shape index (κ1) is 21.8. The molecule has 3 heterocycles. The Bertz CT molecular complexity index is 789. The molecule has 178 valence electrons. The molecule has 0 radical (unpaired) electrons. The van der Waals surface area contributed by atoms with Gasteiger partial charge < -0.3 is 20.3 Å². The van der Waals surface area contributed by atoms with Gasteiger partial charge in [-0.2, -0.15) is 5.21 Å². The molecule has 0 unspecified atom stereocenters. The van der Waals surface area contributed by atoms with Crippen molar-refractivity contribution in [2.24, 2.45) is 17.8 Å². The highest BCUT2D eigenvalue weighted by Gasteiger charge is 2.38. The number of amides is 1. The first-order valence-electron chi connectivity index (χ1n) is 12.6. The van der Waals surface area contributed by atoms with Gasteiger partial charge in [-0.1, -0.05) is 11.6 Å². The van der Waals surface area contributed by atoms with Crippen molar-refractivity contribution in [1.82, 2.24) is 36.2 Å². The number of carbonyl (C=O) groups excluding carboxylic acids is 2. The van der Waals surface area contributed by atoms with E-state index in [0.717, 1.165) is 50.9 Å². The van der Waals surface area contributed by atoms with Crippen molar-refractivity contribution in [2.75, 3.05) is 33.3 Å². The maximum absolute atomic E-state index is 12.8. The molecule has 1 aliphatic carbocycles. The summed E-state index contributed by atoms with van der Waals surface area (Å²) in [6, 6.07) is -1.47. The van der Waals surface area contributed by atoms with Crippen molar-refractivity contribution in [1.29, 1.82) is 0 Å². The van der Waals surface area contributed by atoms with Gasteiger partial charge in [-0.3, -0.25) is 9.59 Å². The number of aryl methyl sites for hydroxylation is 1. The molecule has 4 rings (SSSR count). The van der Waals surface area contributed by atoms with Gasteiger partial charge >= 0.3 is 5.97 Å². The van der Waals surface area contributed by atoms with Gasteiger partial charge in [0.1, 0.15) is 6.02 Å². The van der Waals surface area contributed by atoms with Crippen LogP contribution in [-0.2, 0) is 20.7 Å². The Labute approximate surface area is 191 Å². The molecule has 0 bridgehead atoms. The van der Waals surface area contributed by atoms with Gasteiger partial charge in [-0.05, 0) is 75.8 Å². The molecule has 1 aromatic heterocycles. The number of hydrogen-bond donors (Lipinski definition) is 3. The zero-order chi connectivity index (χ0) is 23.3. The zero-order valence-corrected chi connectivity index (χ0v) is 19.0. The molecule has 3 fully saturated rings. The standard InChI is InChI=1S/C22H37N7O3/c1-29(21(30)18-4-2-9-23-18)10-3-11-32-22(31)19-13-17-12-15(5-7-16(17)14-24-19)6-8-20-25-27-28-26-20/h15-19,23-24H,2-14H2,1H3,(H,25,26,27,28)/t15-,16+,17-,18+,19+/m1/s1/i19D. The minimum Gasteiger partial charge on any atom is -0.464 e. The van der Waals surface area contributed by atoms with Gasteiger partial charge in [0.2, 0.25) is 5.91 Å². The fourth-order valence-corrected chi connectivity index (χ4v) is 5.40. The molecular formula is C22H37N7O3. The summed E-state index contributed by atoms with van der Waals surface area (Å²) < 4.78 is 14.2. The van der Waals surface area contributed by atoms with Crippen LogP contribution in [0, 0.1) is 17.8 Å². The number of nitrogens with zero attached hydrogens (tertiary/aromatic N) is 4. The second-order valence-corrected chi connectivity index (χ2v) is 9.53. The Morgan fingerprint density at radius 1 is 1.22 bits per heavy atom. The van der Waals surface area contributed by atoms with E-state index in [1.165, 1.54) is 6.42 Å². The number of tetrazole rings is 1.